The second-order valence-electron chi connectivity index (χ2n) is 4.23. The van der Waals surface area contributed by atoms with Gasteiger partial charge in [0.05, 0.1) is 0 Å². The molecule has 2 nitrogen and oxygen atoms in total. The van der Waals surface area contributed by atoms with Crippen molar-refractivity contribution in [3.8, 4) is 0 Å². The highest BCUT2D eigenvalue weighted by Crippen LogP contribution is 2.19. The molecule has 13 heavy (non-hydrogen) atoms. The molecule has 2 aliphatic heterocycles. The number of likely N-dealkylation sites (tertiary alicyclic amines) is 2. The van der Waals surface area contributed by atoms with E-state index in [4.69, 9.17) is 0 Å². The van der Waals surface area contributed by atoms with Gasteiger partial charge in [0.15, 0.2) is 0 Å². The fourth-order valence-corrected chi connectivity index (χ4v) is 2.57. The van der Waals surface area contributed by atoms with Crippen LogP contribution in [0.15, 0.2) is 12.7 Å². The maximum absolute atomic E-state index is 3.79. The van der Waals surface area contributed by atoms with Crippen LogP contribution in [0.25, 0.3) is 0 Å². The average molecular weight is 180 g/mol. The average Bonchev–Trinajstić information content (AvgIpc) is 2.70. The molecule has 0 aliphatic carbocycles. The molecule has 1 atom stereocenters. The van der Waals surface area contributed by atoms with Gasteiger partial charge < -0.3 is 0 Å². The van der Waals surface area contributed by atoms with Gasteiger partial charge in [-0.25, -0.2) is 0 Å². The van der Waals surface area contributed by atoms with E-state index in [1.54, 1.807) is 0 Å². The number of nitrogens with zero attached hydrogens (tertiary/aromatic N) is 2. The van der Waals surface area contributed by atoms with Crippen molar-refractivity contribution in [1.29, 1.82) is 0 Å². The summed E-state index contributed by atoms with van der Waals surface area (Å²) in [6.45, 7) is 10.1. The minimum Gasteiger partial charge on any atom is -0.299 e. The van der Waals surface area contributed by atoms with Gasteiger partial charge >= 0.3 is 0 Å². The maximum Gasteiger partial charge on any atom is 0.0235 e. The molecule has 0 bridgehead atoms. The third-order valence-electron chi connectivity index (χ3n) is 3.29. The lowest BCUT2D eigenvalue weighted by Crippen LogP contribution is -2.35. The molecule has 2 rings (SSSR count). The zero-order valence-electron chi connectivity index (χ0n) is 8.41. The van der Waals surface area contributed by atoms with E-state index in [1.165, 1.54) is 45.4 Å². The zero-order chi connectivity index (χ0) is 9.10. The molecule has 0 spiro atoms. The number of hydrogen-bond donors (Lipinski definition) is 0. The predicted molar refractivity (Wildman–Crippen MR) is 55.8 cm³/mol. The lowest BCUT2D eigenvalue weighted by atomic mass is 10.2. The van der Waals surface area contributed by atoms with Crippen LogP contribution in [0, 0.1) is 0 Å². The van der Waals surface area contributed by atoms with Crippen molar-refractivity contribution in [2.24, 2.45) is 0 Å². The van der Waals surface area contributed by atoms with E-state index in [0.29, 0.717) is 0 Å². The first-order valence-corrected chi connectivity index (χ1v) is 5.47. The Bertz CT molecular complexity index is 173. The monoisotopic (exact) mass is 180 g/mol. The van der Waals surface area contributed by atoms with Crippen LogP contribution < -0.4 is 0 Å². The van der Waals surface area contributed by atoms with E-state index in [2.05, 4.69) is 16.4 Å². The highest BCUT2D eigenvalue weighted by atomic mass is 15.3. The van der Waals surface area contributed by atoms with E-state index in [0.717, 1.165) is 12.6 Å². The fourth-order valence-electron chi connectivity index (χ4n) is 2.57. The van der Waals surface area contributed by atoms with Gasteiger partial charge in [-0.1, -0.05) is 6.08 Å². The predicted octanol–water partition coefficient (Wildman–Crippen LogP) is 1.34. The van der Waals surface area contributed by atoms with E-state index in [1.807, 2.05) is 6.08 Å². The minimum absolute atomic E-state index is 0.849. The van der Waals surface area contributed by atoms with Gasteiger partial charge in [-0.3, -0.25) is 9.80 Å². The van der Waals surface area contributed by atoms with Crippen LogP contribution in [0.4, 0.5) is 0 Å². The van der Waals surface area contributed by atoms with Crippen LogP contribution in [0.2, 0.25) is 0 Å². The molecule has 0 aromatic heterocycles. The Hall–Kier alpha value is -0.340. The smallest absolute Gasteiger partial charge is 0.0235 e. The minimum atomic E-state index is 0.849. The Kier molecular flexibility index (Phi) is 3.01. The Morgan fingerprint density at radius 1 is 1.23 bits per heavy atom. The quantitative estimate of drug-likeness (QED) is 0.605. The van der Waals surface area contributed by atoms with Crippen LogP contribution in [-0.2, 0) is 0 Å². The van der Waals surface area contributed by atoms with Crippen LogP contribution in [0.1, 0.15) is 19.3 Å². The van der Waals surface area contributed by atoms with Gasteiger partial charge in [0, 0.05) is 25.7 Å². The zero-order valence-corrected chi connectivity index (χ0v) is 8.41. The molecule has 0 aromatic carbocycles. The molecule has 2 saturated heterocycles. The molecule has 1 unspecified atom stereocenters. The number of rotatable bonds is 3. The molecule has 0 N–H and O–H groups in total. The summed E-state index contributed by atoms with van der Waals surface area (Å²) < 4.78 is 0. The normalized spacial score (nSPS) is 31.2. The first kappa shape index (κ1) is 9.22. The lowest BCUT2D eigenvalue weighted by molar-refractivity contribution is 0.238. The third kappa shape index (κ3) is 2.12. The summed E-state index contributed by atoms with van der Waals surface area (Å²) in [6.07, 6.45) is 6.22. The largest absolute Gasteiger partial charge is 0.299 e. The summed E-state index contributed by atoms with van der Waals surface area (Å²) in [6, 6.07) is 0.849. The molecule has 0 amide bonds. The van der Waals surface area contributed by atoms with Crippen molar-refractivity contribution in [3.05, 3.63) is 12.7 Å². The van der Waals surface area contributed by atoms with Crippen LogP contribution in [0.5, 0.6) is 0 Å². The second-order valence-corrected chi connectivity index (χ2v) is 4.23. The topological polar surface area (TPSA) is 6.48 Å². The maximum atomic E-state index is 3.79. The molecule has 0 radical (unpaired) electrons. The molecule has 2 heteroatoms. The Morgan fingerprint density at radius 3 is 2.69 bits per heavy atom. The summed E-state index contributed by atoms with van der Waals surface area (Å²) in [5.41, 5.74) is 0. The van der Waals surface area contributed by atoms with Crippen molar-refractivity contribution >= 4 is 0 Å². The van der Waals surface area contributed by atoms with Gasteiger partial charge in [-0.2, -0.15) is 0 Å². The van der Waals surface area contributed by atoms with E-state index in [-0.39, 0.29) is 0 Å². The molecule has 74 valence electrons. The van der Waals surface area contributed by atoms with Crippen molar-refractivity contribution in [1.82, 2.24) is 9.80 Å². The molecular formula is C11H20N2. The van der Waals surface area contributed by atoms with Gasteiger partial charge in [-0.05, 0) is 32.4 Å². The SMILES string of the molecule is C=CCN1CCC(N2CCCC2)C1. The van der Waals surface area contributed by atoms with Crippen LogP contribution in [0.3, 0.4) is 0 Å². The number of hydrogen-bond acceptors (Lipinski definition) is 2. The van der Waals surface area contributed by atoms with Crippen molar-refractivity contribution in [2.45, 2.75) is 25.3 Å². The van der Waals surface area contributed by atoms with Gasteiger partial charge in [-0.15, -0.1) is 6.58 Å². The van der Waals surface area contributed by atoms with Crippen molar-refractivity contribution < 1.29 is 0 Å². The summed E-state index contributed by atoms with van der Waals surface area (Å²) >= 11 is 0. The van der Waals surface area contributed by atoms with E-state index in [9.17, 15) is 0 Å². The first-order valence-electron chi connectivity index (χ1n) is 5.47. The standard InChI is InChI=1S/C11H20N2/c1-2-6-12-9-5-11(10-12)13-7-3-4-8-13/h2,11H,1,3-10H2. The highest BCUT2D eigenvalue weighted by Gasteiger charge is 2.28. The van der Waals surface area contributed by atoms with Gasteiger partial charge in [0.25, 0.3) is 0 Å². The molecule has 0 aromatic rings. The Labute approximate surface area is 81.2 Å². The highest BCUT2D eigenvalue weighted by molar-refractivity contribution is 4.87. The van der Waals surface area contributed by atoms with Crippen molar-refractivity contribution in [3.63, 3.8) is 0 Å². The second kappa shape index (κ2) is 4.25. The fraction of sp³-hybridized carbons (Fsp3) is 0.818. The molecule has 2 heterocycles. The summed E-state index contributed by atoms with van der Waals surface area (Å²) in [5, 5.41) is 0. The molecule has 2 fully saturated rings. The third-order valence-corrected chi connectivity index (χ3v) is 3.29. The molecule has 2 aliphatic rings. The van der Waals surface area contributed by atoms with E-state index >= 15 is 0 Å². The van der Waals surface area contributed by atoms with Gasteiger partial charge in [0.1, 0.15) is 0 Å². The van der Waals surface area contributed by atoms with Crippen LogP contribution in [-0.4, -0.2) is 48.6 Å². The van der Waals surface area contributed by atoms with Crippen LogP contribution >= 0.6 is 0 Å². The summed E-state index contributed by atoms with van der Waals surface area (Å²) in [4.78, 5) is 5.18. The van der Waals surface area contributed by atoms with E-state index < -0.39 is 0 Å². The first-order chi connectivity index (χ1) is 6.40. The molecule has 0 saturated carbocycles. The summed E-state index contributed by atoms with van der Waals surface area (Å²) in [7, 11) is 0. The summed E-state index contributed by atoms with van der Waals surface area (Å²) in [5.74, 6) is 0. The lowest BCUT2D eigenvalue weighted by Gasteiger charge is -2.23. The molecular weight excluding hydrogens is 160 g/mol. The Balaban J connectivity index is 1.79. The Morgan fingerprint density at radius 2 is 2.00 bits per heavy atom. The van der Waals surface area contributed by atoms with Gasteiger partial charge in [0.2, 0.25) is 0 Å². The van der Waals surface area contributed by atoms with Crippen molar-refractivity contribution in [2.75, 3.05) is 32.7 Å².